The Hall–Kier alpha value is -0.530. The van der Waals surface area contributed by atoms with Gasteiger partial charge in [0.1, 0.15) is 0 Å². The van der Waals surface area contributed by atoms with Crippen molar-refractivity contribution < 1.29 is 9.90 Å². The Morgan fingerprint density at radius 1 is 1.23 bits per heavy atom. The van der Waals surface area contributed by atoms with Gasteiger partial charge in [0, 0.05) is 6.42 Å². The molecule has 0 saturated heterocycles. The second kappa shape index (κ2) is 6.93. The monoisotopic (exact) mass is 186 g/mol. The van der Waals surface area contributed by atoms with E-state index in [1.165, 1.54) is 19.3 Å². The number of carboxylic acid groups (broad SMARTS) is 1. The number of hydrogen-bond donors (Lipinski definition) is 1. The van der Waals surface area contributed by atoms with Crippen LogP contribution in [0.15, 0.2) is 0 Å². The van der Waals surface area contributed by atoms with Crippen LogP contribution in [0.5, 0.6) is 0 Å². The van der Waals surface area contributed by atoms with E-state index >= 15 is 0 Å². The molecular weight excluding hydrogens is 164 g/mol. The Labute approximate surface area is 81.3 Å². The molecule has 0 spiro atoms. The lowest BCUT2D eigenvalue weighted by Gasteiger charge is -2.15. The zero-order valence-electron chi connectivity index (χ0n) is 9.05. The number of rotatable bonds is 7. The molecule has 0 bridgehead atoms. The fourth-order valence-electron chi connectivity index (χ4n) is 1.79. The van der Waals surface area contributed by atoms with Crippen molar-refractivity contribution in [3.05, 3.63) is 0 Å². The first-order valence-corrected chi connectivity index (χ1v) is 5.28. The van der Waals surface area contributed by atoms with Crippen LogP contribution in [-0.2, 0) is 4.79 Å². The molecule has 2 unspecified atom stereocenters. The highest BCUT2D eigenvalue weighted by atomic mass is 16.4. The van der Waals surface area contributed by atoms with Gasteiger partial charge in [-0.25, -0.2) is 0 Å². The van der Waals surface area contributed by atoms with Crippen LogP contribution in [0.25, 0.3) is 0 Å². The summed E-state index contributed by atoms with van der Waals surface area (Å²) in [6, 6.07) is 0. The molecule has 78 valence electrons. The van der Waals surface area contributed by atoms with Crippen molar-refractivity contribution in [3.63, 3.8) is 0 Å². The van der Waals surface area contributed by atoms with E-state index < -0.39 is 5.97 Å². The van der Waals surface area contributed by atoms with Gasteiger partial charge < -0.3 is 5.11 Å². The largest absolute Gasteiger partial charge is 0.481 e. The molecule has 0 heterocycles. The van der Waals surface area contributed by atoms with Crippen molar-refractivity contribution in [2.75, 3.05) is 0 Å². The Morgan fingerprint density at radius 3 is 2.23 bits per heavy atom. The molecular formula is C11H22O2. The maximum absolute atomic E-state index is 10.3. The number of carboxylic acids is 1. The highest BCUT2D eigenvalue weighted by molar-refractivity contribution is 5.66. The first-order valence-electron chi connectivity index (χ1n) is 5.28. The molecule has 0 saturated carbocycles. The molecule has 0 fully saturated rings. The van der Waals surface area contributed by atoms with E-state index in [1.807, 2.05) is 0 Å². The second-order valence-electron chi connectivity index (χ2n) is 4.17. The van der Waals surface area contributed by atoms with Crippen LogP contribution >= 0.6 is 0 Å². The third kappa shape index (κ3) is 7.82. The molecule has 0 aliphatic heterocycles. The minimum absolute atomic E-state index is 0.319. The standard InChI is InChI=1S/C11H22O2/c1-4-5-9(2)8-10(3)6-7-11(12)13/h9-10H,4-8H2,1-3H3,(H,12,13). The Bertz CT molecular complexity index is 143. The van der Waals surface area contributed by atoms with Gasteiger partial charge in [-0.2, -0.15) is 0 Å². The molecule has 13 heavy (non-hydrogen) atoms. The zero-order valence-corrected chi connectivity index (χ0v) is 9.05. The van der Waals surface area contributed by atoms with E-state index in [1.54, 1.807) is 0 Å². The Morgan fingerprint density at radius 2 is 1.77 bits per heavy atom. The summed E-state index contributed by atoms with van der Waals surface area (Å²) in [6.45, 7) is 6.59. The lowest BCUT2D eigenvalue weighted by molar-refractivity contribution is -0.137. The predicted octanol–water partition coefficient (Wildman–Crippen LogP) is 3.31. The molecule has 2 heteroatoms. The van der Waals surface area contributed by atoms with Crippen molar-refractivity contribution in [1.82, 2.24) is 0 Å². The lowest BCUT2D eigenvalue weighted by Crippen LogP contribution is -2.05. The third-order valence-corrected chi connectivity index (χ3v) is 2.44. The highest BCUT2D eigenvalue weighted by Gasteiger charge is 2.09. The van der Waals surface area contributed by atoms with Gasteiger partial charge in [0.15, 0.2) is 0 Å². The molecule has 0 aromatic rings. The molecule has 1 N–H and O–H groups in total. The summed E-state index contributed by atoms with van der Waals surface area (Å²) in [5, 5.41) is 8.50. The second-order valence-corrected chi connectivity index (χ2v) is 4.17. The third-order valence-electron chi connectivity index (χ3n) is 2.44. The van der Waals surface area contributed by atoms with Gasteiger partial charge in [0.05, 0.1) is 0 Å². The van der Waals surface area contributed by atoms with Gasteiger partial charge in [-0.1, -0.05) is 33.6 Å². The van der Waals surface area contributed by atoms with Crippen LogP contribution in [0.1, 0.15) is 52.9 Å². The van der Waals surface area contributed by atoms with E-state index in [0.717, 1.165) is 12.3 Å². The van der Waals surface area contributed by atoms with Crippen LogP contribution in [0, 0.1) is 11.8 Å². The topological polar surface area (TPSA) is 37.3 Å². The van der Waals surface area contributed by atoms with Gasteiger partial charge in [0.25, 0.3) is 0 Å². The highest BCUT2D eigenvalue weighted by Crippen LogP contribution is 2.19. The van der Waals surface area contributed by atoms with Gasteiger partial charge in [-0.15, -0.1) is 0 Å². The molecule has 2 atom stereocenters. The smallest absolute Gasteiger partial charge is 0.303 e. The maximum Gasteiger partial charge on any atom is 0.303 e. The molecule has 2 nitrogen and oxygen atoms in total. The average molecular weight is 186 g/mol. The molecule has 0 amide bonds. The zero-order chi connectivity index (χ0) is 10.3. The van der Waals surface area contributed by atoms with Crippen molar-refractivity contribution >= 4 is 5.97 Å². The molecule has 0 aliphatic carbocycles. The maximum atomic E-state index is 10.3. The quantitative estimate of drug-likeness (QED) is 0.662. The fourth-order valence-corrected chi connectivity index (χ4v) is 1.79. The minimum atomic E-state index is -0.671. The first kappa shape index (κ1) is 12.5. The van der Waals surface area contributed by atoms with Crippen LogP contribution in [0.2, 0.25) is 0 Å². The molecule has 0 aromatic carbocycles. The van der Waals surface area contributed by atoms with Crippen LogP contribution < -0.4 is 0 Å². The van der Waals surface area contributed by atoms with Crippen molar-refractivity contribution in [2.24, 2.45) is 11.8 Å². The minimum Gasteiger partial charge on any atom is -0.481 e. The fraction of sp³-hybridized carbons (Fsp3) is 0.909. The van der Waals surface area contributed by atoms with Gasteiger partial charge in [-0.3, -0.25) is 4.79 Å². The Balaban J connectivity index is 3.48. The summed E-state index contributed by atoms with van der Waals surface area (Å²) in [7, 11) is 0. The van der Waals surface area contributed by atoms with E-state index in [-0.39, 0.29) is 0 Å². The average Bonchev–Trinajstić information content (AvgIpc) is 2.01. The van der Waals surface area contributed by atoms with Crippen LogP contribution in [0.3, 0.4) is 0 Å². The predicted molar refractivity (Wildman–Crippen MR) is 54.7 cm³/mol. The van der Waals surface area contributed by atoms with Crippen molar-refractivity contribution in [3.8, 4) is 0 Å². The summed E-state index contributed by atoms with van der Waals surface area (Å²) in [5.41, 5.74) is 0. The number of aliphatic carboxylic acids is 1. The Kier molecular flexibility index (Phi) is 6.65. The molecule has 0 aliphatic rings. The van der Waals surface area contributed by atoms with Gasteiger partial charge >= 0.3 is 5.97 Å². The lowest BCUT2D eigenvalue weighted by atomic mass is 9.91. The molecule has 0 aromatic heterocycles. The van der Waals surface area contributed by atoms with E-state index in [2.05, 4.69) is 20.8 Å². The first-order chi connectivity index (χ1) is 6.06. The molecule has 0 rings (SSSR count). The van der Waals surface area contributed by atoms with Crippen molar-refractivity contribution in [1.29, 1.82) is 0 Å². The van der Waals surface area contributed by atoms with E-state index in [9.17, 15) is 4.79 Å². The van der Waals surface area contributed by atoms with E-state index in [0.29, 0.717) is 12.3 Å². The molecule has 0 radical (unpaired) electrons. The summed E-state index contributed by atoms with van der Waals surface area (Å²) in [6.07, 6.45) is 4.80. The van der Waals surface area contributed by atoms with Gasteiger partial charge in [-0.05, 0) is 24.7 Å². The number of hydrogen-bond acceptors (Lipinski definition) is 1. The summed E-state index contributed by atoms with van der Waals surface area (Å²) < 4.78 is 0. The summed E-state index contributed by atoms with van der Waals surface area (Å²) >= 11 is 0. The van der Waals surface area contributed by atoms with Gasteiger partial charge in [0.2, 0.25) is 0 Å². The van der Waals surface area contributed by atoms with Crippen LogP contribution in [0.4, 0.5) is 0 Å². The number of carbonyl (C=O) groups is 1. The SMILES string of the molecule is CCCC(C)CC(C)CCC(=O)O. The summed E-state index contributed by atoms with van der Waals surface area (Å²) in [4.78, 5) is 10.3. The normalized spacial score (nSPS) is 15.3. The summed E-state index contributed by atoms with van der Waals surface area (Å²) in [5.74, 6) is 0.626. The van der Waals surface area contributed by atoms with E-state index in [4.69, 9.17) is 5.11 Å². The van der Waals surface area contributed by atoms with Crippen molar-refractivity contribution in [2.45, 2.75) is 52.9 Å². The van der Waals surface area contributed by atoms with Crippen LogP contribution in [-0.4, -0.2) is 11.1 Å².